The fourth-order valence-electron chi connectivity index (χ4n) is 1.65. The summed E-state index contributed by atoms with van der Waals surface area (Å²) >= 11 is 0. The number of halogens is 4. The summed E-state index contributed by atoms with van der Waals surface area (Å²) in [5, 5.41) is 9.43. The molecule has 1 rings (SSSR count). The van der Waals surface area contributed by atoms with E-state index < -0.39 is 34.9 Å². The summed E-state index contributed by atoms with van der Waals surface area (Å²) in [6.45, 7) is 3.42. The normalized spacial score (nSPS) is 13.4. The molecule has 0 saturated carbocycles. The van der Waals surface area contributed by atoms with E-state index in [2.05, 4.69) is 6.58 Å². The molecule has 3 N–H and O–H groups in total. The summed E-state index contributed by atoms with van der Waals surface area (Å²) in [5.74, 6) is -2.16. The minimum atomic E-state index is -4.69. The van der Waals surface area contributed by atoms with Gasteiger partial charge in [0, 0.05) is 11.6 Å². The second-order valence-corrected chi connectivity index (χ2v) is 3.83. The maximum atomic E-state index is 13.1. The van der Waals surface area contributed by atoms with Crippen LogP contribution in [0.1, 0.15) is 30.0 Å². The van der Waals surface area contributed by atoms with Gasteiger partial charge in [-0.3, -0.25) is 0 Å². The number of hydrogen-bond donors (Lipinski definition) is 2. The Morgan fingerprint density at radius 1 is 1.39 bits per heavy atom. The number of phenols is 1. The molecule has 1 atom stereocenters. The molecule has 1 aromatic carbocycles. The topological polar surface area (TPSA) is 46.2 Å². The molecule has 0 aliphatic heterocycles. The van der Waals surface area contributed by atoms with E-state index in [0.717, 1.165) is 0 Å². The first-order valence-electron chi connectivity index (χ1n) is 5.24. The van der Waals surface area contributed by atoms with Crippen LogP contribution in [0.5, 0.6) is 5.75 Å². The van der Waals surface area contributed by atoms with Crippen LogP contribution in [-0.4, -0.2) is 5.11 Å². The predicted octanol–water partition coefficient (Wildman–Crippen LogP) is 3.52. The molecule has 0 aliphatic rings. The summed E-state index contributed by atoms with van der Waals surface area (Å²) in [6.07, 6.45) is -2.69. The van der Waals surface area contributed by atoms with Gasteiger partial charge in [-0.2, -0.15) is 13.2 Å². The Balaban J connectivity index is 3.29. The van der Waals surface area contributed by atoms with Crippen LogP contribution in [-0.2, 0) is 6.18 Å². The molecule has 0 heterocycles. The van der Waals surface area contributed by atoms with Crippen molar-refractivity contribution in [1.29, 1.82) is 0 Å². The second-order valence-electron chi connectivity index (χ2n) is 3.83. The Hall–Kier alpha value is -1.56. The van der Waals surface area contributed by atoms with Gasteiger partial charge in [-0.05, 0) is 25.0 Å². The number of phenolic OH excluding ortho intramolecular Hbond substituents is 1. The lowest BCUT2D eigenvalue weighted by Crippen LogP contribution is -2.18. The van der Waals surface area contributed by atoms with Gasteiger partial charge in [-0.1, -0.05) is 6.08 Å². The van der Waals surface area contributed by atoms with E-state index in [0.29, 0.717) is 18.6 Å². The van der Waals surface area contributed by atoms with Gasteiger partial charge in [0.15, 0.2) is 11.6 Å². The fourth-order valence-corrected chi connectivity index (χ4v) is 1.65. The van der Waals surface area contributed by atoms with Crippen LogP contribution in [0.3, 0.4) is 0 Å². The molecule has 0 unspecified atom stereocenters. The van der Waals surface area contributed by atoms with Crippen LogP contribution in [0.2, 0.25) is 0 Å². The molecule has 2 nitrogen and oxygen atoms in total. The Kier molecular flexibility index (Phi) is 4.34. The maximum Gasteiger partial charge on any atom is 0.416 e. The lowest BCUT2D eigenvalue weighted by molar-refractivity contribution is -0.138. The summed E-state index contributed by atoms with van der Waals surface area (Å²) in [4.78, 5) is 0. The van der Waals surface area contributed by atoms with Crippen molar-refractivity contribution in [2.45, 2.75) is 25.1 Å². The van der Waals surface area contributed by atoms with E-state index in [1.807, 2.05) is 0 Å². The number of hydrogen-bond acceptors (Lipinski definition) is 2. The molecular formula is C12H13F4NO. The minimum absolute atomic E-state index is 0.142. The summed E-state index contributed by atoms with van der Waals surface area (Å²) < 4.78 is 51.3. The SMILES string of the molecule is C=CCC[C@H](N)c1c(C(F)(F)F)ccc(F)c1O. The number of allylic oxidation sites excluding steroid dienone is 1. The van der Waals surface area contributed by atoms with Crippen molar-refractivity contribution < 1.29 is 22.7 Å². The molecule has 6 heteroatoms. The lowest BCUT2D eigenvalue weighted by Gasteiger charge is -2.19. The molecule has 18 heavy (non-hydrogen) atoms. The van der Waals surface area contributed by atoms with Crippen molar-refractivity contribution in [2.75, 3.05) is 0 Å². The number of rotatable bonds is 4. The van der Waals surface area contributed by atoms with Crippen molar-refractivity contribution in [3.63, 3.8) is 0 Å². The van der Waals surface area contributed by atoms with Crippen molar-refractivity contribution >= 4 is 0 Å². The molecule has 0 fully saturated rings. The van der Waals surface area contributed by atoms with Crippen LogP contribution < -0.4 is 5.73 Å². The molecule has 100 valence electrons. The quantitative estimate of drug-likeness (QED) is 0.645. The van der Waals surface area contributed by atoms with Crippen LogP contribution >= 0.6 is 0 Å². The largest absolute Gasteiger partial charge is 0.505 e. The summed E-state index contributed by atoms with van der Waals surface area (Å²) in [6, 6.07) is 0.0513. The first kappa shape index (κ1) is 14.5. The first-order chi connectivity index (χ1) is 8.29. The second kappa shape index (κ2) is 5.39. The lowest BCUT2D eigenvalue weighted by atomic mass is 9.95. The van der Waals surface area contributed by atoms with Crippen LogP contribution in [0.15, 0.2) is 24.8 Å². The van der Waals surface area contributed by atoms with E-state index in [-0.39, 0.29) is 6.42 Å². The summed E-state index contributed by atoms with van der Waals surface area (Å²) in [5.41, 5.74) is 3.85. The van der Waals surface area contributed by atoms with Gasteiger partial charge in [0.1, 0.15) is 0 Å². The Morgan fingerprint density at radius 2 is 2.00 bits per heavy atom. The zero-order chi connectivity index (χ0) is 13.9. The van der Waals surface area contributed by atoms with Crippen LogP contribution in [0.4, 0.5) is 17.6 Å². The maximum absolute atomic E-state index is 13.1. The third-order valence-electron chi connectivity index (χ3n) is 2.53. The average molecular weight is 263 g/mol. The van der Waals surface area contributed by atoms with E-state index >= 15 is 0 Å². The average Bonchev–Trinajstić information content (AvgIpc) is 2.27. The third-order valence-corrected chi connectivity index (χ3v) is 2.53. The number of alkyl halides is 3. The summed E-state index contributed by atoms with van der Waals surface area (Å²) in [7, 11) is 0. The van der Waals surface area contributed by atoms with Gasteiger partial charge in [-0.15, -0.1) is 6.58 Å². The monoisotopic (exact) mass is 263 g/mol. The molecule has 0 radical (unpaired) electrons. The van der Waals surface area contributed by atoms with Gasteiger partial charge in [0.05, 0.1) is 5.56 Å². The fraction of sp³-hybridized carbons (Fsp3) is 0.333. The minimum Gasteiger partial charge on any atom is -0.505 e. The molecule has 1 aromatic rings. The van der Waals surface area contributed by atoms with E-state index in [4.69, 9.17) is 5.73 Å². The van der Waals surface area contributed by atoms with Crippen molar-refractivity contribution in [3.05, 3.63) is 41.7 Å². The molecule has 0 amide bonds. The van der Waals surface area contributed by atoms with Gasteiger partial charge < -0.3 is 10.8 Å². The van der Waals surface area contributed by atoms with Gasteiger partial charge in [-0.25, -0.2) is 4.39 Å². The highest BCUT2D eigenvalue weighted by Gasteiger charge is 2.36. The van der Waals surface area contributed by atoms with Crippen molar-refractivity contribution in [2.24, 2.45) is 5.73 Å². The highest BCUT2D eigenvalue weighted by Crippen LogP contribution is 2.40. The van der Waals surface area contributed by atoms with Crippen LogP contribution in [0.25, 0.3) is 0 Å². The third kappa shape index (κ3) is 3.01. The molecule has 0 spiro atoms. The van der Waals surface area contributed by atoms with E-state index in [1.54, 1.807) is 0 Å². The van der Waals surface area contributed by atoms with Gasteiger partial charge in [0.25, 0.3) is 0 Å². The van der Waals surface area contributed by atoms with Gasteiger partial charge >= 0.3 is 6.18 Å². The van der Waals surface area contributed by atoms with Gasteiger partial charge in [0.2, 0.25) is 0 Å². The zero-order valence-electron chi connectivity index (χ0n) is 9.47. The molecule has 0 saturated heterocycles. The molecular weight excluding hydrogens is 250 g/mol. The number of benzene rings is 1. The molecule has 0 bridgehead atoms. The van der Waals surface area contributed by atoms with Crippen LogP contribution in [0, 0.1) is 5.82 Å². The Morgan fingerprint density at radius 3 is 2.50 bits per heavy atom. The highest BCUT2D eigenvalue weighted by atomic mass is 19.4. The van der Waals surface area contributed by atoms with Crippen molar-refractivity contribution in [1.82, 2.24) is 0 Å². The Labute approximate surface area is 102 Å². The number of nitrogens with two attached hydrogens (primary N) is 1. The standard InChI is InChI=1S/C12H13F4NO/c1-2-3-4-9(17)10-7(12(14,15)16)5-6-8(13)11(10)18/h2,5-6,9,18H,1,3-4,17H2/t9-/m0/s1. The highest BCUT2D eigenvalue weighted by molar-refractivity contribution is 5.44. The number of aromatic hydroxyl groups is 1. The predicted molar refractivity (Wildman–Crippen MR) is 59.4 cm³/mol. The van der Waals surface area contributed by atoms with E-state index in [1.165, 1.54) is 6.08 Å². The van der Waals surface area contributed by atoms with Crippen molar-refractivity contribution in [3.8, 4) is 5.75 Å². The Bertz CT molecular complexity index is 442. The molecule has 0 aromatic heterocycles. The van der Waals surface area contributed by atoms with E-state index in [9.17, 15) is 22.7 Å². The smallest absolute Gasteiger partial charge is 0.416 e. The zero-order valence-corrected chi connectivity index (χ0v) is 9.47. The molecule has 0 aliphatic carbocycles. The first-order valence-corrected chi connectivity index (χ1v) is 5.24.